The third-order valence-electron chi connectivity index (χ3n) is 4.22. The van der Waals surface area contributed by atoms with Gasteiger partial charge in [0.25, 0.3) is 5.91 Å². The second-order valence-corrected chi connectivity index (χ2v) is 5.55. The van der Waals surface area contributed by atoms with Crippen molar-refractivity contribution in [2.75, 3.05) is 57.9 Å². The molecular formula is C16H23N3O3. The molecule has 1 N–H and O–H groups in total. The highest BCUT2D eigenvalue weighted by Crippen LogP contribution is 2.28. The van der Waals surface area contributed by atoms with E-state index in [9.17, 15) is 4.79 Å². The van der Waals surface area contributed by atoms with Gasteiger partial charge in [-0.25, -0.2) is 0 Å². The molecule has 2 aliphatic rings. The zero-order valence-corrected chi connectivity index (χ0v) is 13.0. The first-order valence-electron chi connectivity index (χ1n) is 7.78. The fourth-order valence-corrected chi connectivity index (χ4v) is 2.99. The van der Waals surface area contributed by atoms with Gasteiger partial charge in [0, 0.05) is 39.3 Å². The summed E-state index contributed by atoms with van der Waals surface area (Å²) in [5.41, 5.74) is 1.09. The Labute approximate surface area is 131 Å². The highest BCUT2D eigenvalue weighted by Gasteiger charge is 2.29. The summed E-state index contributed by atoms with van der Waals surface area (Å²) in [7, 11) is 1.69. The van der Waals surface area contributed by atoms with Gasteiger partial charge in [-0.2, -0.15) is 0 Å². The number of carbonyl (C=O) groups is 1. The molecule has 2 heterocycles. The van der Waals surface area contributed by atoms with Crippen molar-refractivity contribution in [2.45, 2.75) is 6.10 Å². The molecule has 22 heavy (non-hydrogen) atoms. The number of anilines is 1. The first-order chi connectivity index (χ1) is 10.8. The molecule has 2 saturated heterocycles. The Bertz CT molecular complexity index is 509. The van der Waals surface area contributed by atoms with E-state index in [4.69, 9.17) is 9.47 Å². The summed E-state index contributed by atoms with van der Waals surface area (Å²) in [6.45, 7) is 5.11. The largest absolute Gasteiger partial charge is 0.495 e. The summed E-state index contributed by atoms with van der Waals surface area (Å²) in [5.74, 6) is 0.981. The van der Waals surface area contributed by atoms with E-state index in [0.29, 0.717) is 13.2 Å². The quantitative estimate of drug-likeness (QED) is 0.872. The lowest BCUT2D eigenvalue weighted by Crippen LogP contribution is -2.55. The van der Waals surface area contributed by atoms with Crippen molar-refractivity contribution in [1.29, 1.82) is 0 Å². The highest BCUT2D eigenvalue weighted by atomic mass is 16.5. The molecule has 3 rings (SSSR count). The number of nitrogens with one attached hydrogen (secondary N) is 1. The summed E-state index contributed by atoms with van der Waals surface area (Å²) in [6.07, 6.45) is -0.327. The van der Waals surface area contributed by atoms with E-state index in [1.54, 1.807) is 7.11 Å². The van der Waals surface area contributed by atoms with Gasteiger partial charge in [0.2, 0.25) is 0 Å². The van der Waals surface area contributed by atoms with Crippen LogP contribution in [0.1, 0.15) is 0 Å². The monoisotopic (exact) mass is 305 g/mol. The lowest BCUT2D eigenvalue weighted by molar-refractivity contribution is -0.145. The van der Waals surface area contributed by atoms with Crippen molar-refractivity contribution in [1.82, 2.24) is 10.2 Å². The predicted octanol–water partition coefficient (Wildman–Crippen LogP) is 0.332. The van der Waals surface area contributed by atoms with Gasteiger partial charge in [-0.15, -0.1) is 0 Å². The molecule has 1 aromatic carbocycles. The van der Waals surface area contributed by atoms with E-state index in [-0.39, 0.29) is 12.0 Å². The van der Waals surface area contributed by atoms with Crippen LogP contribution in [-0.2, 0) is 9.53 Å². The van der Waals surface area contributed by atoms with Crippen LogP contribution in [-0.4, -0.2) is 69.9 Å². The standard InChI is InChI=1S/C16H23N3O3/c1-21-14-5-3-2-4-13(14)18-7-9-19(10-8-18)16(20)15-12-17-6-11-22-15/h2-5,15,17H,6-12H2,1H3. The molecule has 6 heteroatoms. The minimum absolute atomic E-state index is 0.104. The van der Waals surface area contributed by atoms with E-state index in [1.165, 1.54) is 0 Å². The van der Waals surface area contributed by atoms with Crippen LogP contribution in [0.2, 0.25) is 0 Å². The number of ether oxygens (including phenoxy) is 2. The Morgan fingerprint density at radius 2 is 2.05 bits per heavy atom. The predicted molar refractivity (Wildman–Crippen MR) is 84.4 cm³/mol. The number of para-hydroxylation sites is 2. The molecule has 1 amide bonds. The van der Waals surface area contributed by atoms with Crippen LogP contribution < -0.4 is 15.0 Å². The van der Waals surface area contributed by atoms with Crippen molar-refractivity contribution in [3.8, 4) is 5.75 Å². The van der Waals surface area contributed by atoms with E-state index in [2.05, 4.69) is 16.3 Å². The van der Waals surface area contributed by atoms with Crippen LogP contribution in [0, 0.1) is 0 Å². The Morgan fingerprint density at radius 3 is 2.73 bits per heavy atom. The fourth-order valence-electron chi connectivity index (χ4n) is 2.99. The van der Waals surface area contributed by atoms with Gasteiger partial charge in [-0.1, -0.05) is 12.1 Å². The smallest absolute Gasteiger partial charge is 0.253 e. The van der Waals surface area contributed by atoms with Gasteiger partial charge in [-0.05, 0) is 12.1 Å². The summed E-state index contributed by atoms with van der Waals surface area (Å²) in [4.78, 5) is 16.6. The van der Waals surface area contributed by atoms with Crippen LogP contribution in [0.3, 0.4) is 0 Å². The zero-order valence-electron chi connectivity index (χ0n) is 13.0. The van der Waals surface area contributed by atoms with E-state index < -0.39 is 0 Å². The van der Waals surface area contributed by atoms with Crippen LogP contribution in [0.5, 0.6) is 5.75 Å². The van der Waals surface area contributed by atoms with Crippen molar-refractivity contribution < 1.29 is 14.3 Å². The van der Waals surface area contributed by atoms with Gasteiger partial charge in [0.1, 0.15) is 11.9 Å². The summed E-state index contributed by atoms with van der Waals surface area (Å²) in [6, 6.07) is 8.01. The van der Waals surface area contributed by atoms with E-state index >= 15 is 0 Å². The molecule has 0 spiro atoms. The maximum Gasteiger partial charge on any atom is 0.253 e. The summed E-state index contributed by atoms with van der Waals surface area (Å²) in [5, 5.41) is 3.21. The second kappa shape index (κ2) is 6.98. The van der Waals surface area contributed by atoms with Crippen LogP contribution in [0.4, 0.5) is 5.69 Å². The minimum Gasteiger partial charge on any atom is -0.495 e. The lowest BCUT2D eigenvalue weighted by atomic mass is 10.2. The van der Waals surface area contributed by atoms with Gasteiger partial charge >= 0.3 is 0 Å². The number of carbonyl (C=O) groups excluding carboxylic acids is 1. The molecular weight excluding hydrogens is 282 g/mol. The molecule has 6 nitrogen and oxygen atoms in total. The minimum atomic E-state index is -0.327. The molecule has 0 radical (unpaired) electrons. The first-order valence-corrected chi connectivity index (χ1v) is 7.78. The third-order valence-corrected chi connectivity index (χ3v) is 4.22. The Morgan fingerprint density at radius 1 is 1.27 bits per heavy atom. The Balaban J connectivity index is 1.59. The van der Waals surface area contributed by atoms with E-state index in [0.717, 1.165) is 44.2 Å². The van der Waals surface area contributed by atoms with Crippen molar-refractivity contribution in [3.05, 3.63) is 24.3 Å². The lowest BCUT2D eigenvalue weighted by Gasteiger charge is -2.38. The number of benzene rings is 1. The van der Waals surface area contributed by atoms with Crippen LogP contribution in [0.15, 0.2) is 24.3 Å². The third kappa shape index (κ3) is 3.18. The molecule has 0 saturated carbocycles. The summed E-state index contributed by atoms with van der Waals surface area (Å²) < 4.78 is 11.0. The molecule has 120 valence electrons. The molecule has 2 aliphatic heterocycles. The molecule has 1 unspecified atom stereocenters. The number of amides is 1. The molecule has 0 aromatic heterocycles. The molecule has 2 fully saturated rings. The number of methoxy groups -OCH3 is 1. The van der Waals surface area contributed by atoms with E-state index in [1.807, 2.05) is 23.1 Å². The number of nitrogens with zero attached hydrogens (tertiary/aromatic N) is 2. The second-order valence-electron chi connectivity index (χ2n) is 5.55. The molecule has 1 atom stereocenters. The SMILES string of the molecule is COc1ccccc1N1CCN(C(=O)C2CNCCO2)CC1. The van der Waals surface area contributed by atoms with Crippen LogP contribution >= 0.6 is 0 Å². The molecule has 1 aromatic rings. The number of hydrogen-bond donors (Lipinski definition) is 1. The zero-order chi connectivity index (χ0) is 15.4. The Hall–Kier alpha value is -1.79. The number of rotatable bonds is 3. The van der Waals surface area contributed by atoms with Crippen LogP contribution in [0.25, 0.3) is 0 Å². The highest BCUT2D eigenvalue weighted by molar-refractivity contribution is 5.81. The first kappa shape index (κ1) is 15.1. The average Bonchev–Trinajstić information content (AvgIpc) is 2.62. The molecule has 0 aliphatic carbocycles. The topological polar surface area (TPSA) is 54.0 Å². The number of morpholine rings is 1. The van der Waals surface area contributed by atoms with Gasteiger partial charge in [0.15, 0.2) is 0 Å². The van der Waals surface area contributed by atoms with Gasteiger partial charge in [-0.3, -0.25) is 4.79 Å². The van der Waals surface area contributed by atoms with Crippen molar-refractivity contribution in [3.63, 3.8) is 0 Å². The van der Waals surface area contributed by atoms with Crippen molar-refractivity contribution >= 4 is 11.6 Å². The number of piperazine rings is 1. The van der Waals surface area contributed by atoms with Gasteiger partial charge in [0.05, 0.1) is 19.4 Å². The maximum atomic E-state index is 12.4. The Kier molecular flexibility index (Phi) is 4.80. The average molecular weight is 305 g/mol. The normalized spacial score (nSPS) is 22.5. The summed E-state index contributed by atoms with van der Waals surface area (Å²) >= 11 is 0. The fraction of sp³-hybridized carbons (Fsp3) is 0.562. The molecule has 0 bridgehead atoms. The van der Waals surface area contributed by atoms with Crippen molar-refractivity contribution in [2.24, 2.45) is 0 Å². The number of hydrogen-bond acceptors (Lipinski definition) is 5. The van der Waals surface area contributed by atoms with Gasteiger partial charge < -0.3 is 24.6 Å². The maximum absolute atomic E-state index is 12.4.